The summed E-state index contributed by atoms with van der Waals surface area (Å²) in [6.07, 6.45) is 4.63. The third kappa shape index (κ3) is 2.41. The quantitative estimate of drug-likeness (QED) is 0.725. The van der Waals surface area contributed by atoms with E-state index in [1.165, 1.54) is 0 Å². The Kier molecular flexibility index (Phi) is 2.84. The van der Waals surface area contributed by atoms with Crippen LogP contribution in [0.15, 0.2) is 0 Å². The largest absolute Gasteiger partial charge is 0.380 e. The predicted molar refractivity (Wildman–Crippen MR) is 49.5 cm³/mol. The van der Waals surface area contributed by atoms with Gasteiger partial charge in [-0.3, -0.25) is 0 Å². The van der Waals surface area contributed by atoms with E-state index in [9.17, 15) is 4.39 Å². The van der Waals surface area contributed by atoms with Crippen molar-refractivity contribution in [2.75, 3.05) is 19.8 Å². The van der Waals surface area contributed by atoms with Crippen molar-refractivity contribution in [2.45, 2.75) is 43.8 Å². The highest BCUT2D eigenvalue weighted by atomic mass is 19.1. The molecular formula is C10H18FNO. The number of halogens is 1. The molecule has 1 aliphatic carbocycles. The van der Waals surface area contributed by atoms with E-state index in [0.29, 0.717) is 12.6 Å². The summed E-state index contributed by atoms with van der Waals surface area (Å²) in [6.45, 7) is 2.12. The molecule has 76 valence electrons. The van der Waals surface area contributed by atoms with Gasteiger partial charge in [-0.05, 0) is 19.3 Å². The lowest BCUT2D eigenvalue weighted by molar-refractivity contribution is 0.154. The van der Waals surface area contributed by atoms with Crippen LogP contribution in [0.25, 0.3) is 0 Å². The molecule has 0 aromatic carbocycles. The Morgan fingerprint density at radius 3 is 2.77 bits per heavy atom. The third-order valence-corrected chi connectivity index (χ3v) is 3.14. The molecule has 1 atom stereocenters. The van der Waals surface area contributed by atoms with Gasteiger partial charge in [-0.2, -0.15) is 0 Å². The second kappa shape index (κ2) is 3.93. The average Bonchev–Trinajstić information content (AvgIpc) is 2.72. The molecular weight excluding hydrogens is 169 g/mol. The Labute approximate surface area is 78.8 Å². The van der Waals surface area contributed by atoms with Crippen LogP contribution in [0.4, 0.5) is 4.39 Å². The molecule has 2 aliphatic rings. The first-order chi connectivity index (χ1) is 6.29. The van der Waals surface area contributed by atoms with Gasteiger partial charge >= 0.3 is 0 Å². The topological polar surface area (TPSA) is 21.3 Å². The summed E-state index contributed by atoms with van der Waals surface area (Å²) in [5.41, 5.74) is -0.914. The molecule has 1 saturated heterocycles. The lowest BCUT2D eigenvalue weighted by Gasteiger charge is -2.21. The van der Waals surface area contributed by atoms with Crippen LogP contribution < -0.4 is 5.32 Å². The van der Waals surface area contributed by atoms with Gasteiger partial charge in [0.2, 0.25) is 0 Å². The molecule has 2 fully saturated rings. The van der Waals surface area contributed by atoms with E-state index in [1.54, 1.807) is 0 Å². The number of hydrogen-bond acceptors (Lipinski definition) is 2. The molecule has 0 bridgehead atoms. The van der Waals surface area contributed by atoms with Crippen molar-refractivity contribution in [3.63, 3.8) is 0 Å². The second-order valence-electron chi connectivity index (χ2n) is 4.30. The first-order valence-corrected chi connectivity index (χ1v) is 5.29. The first kappa shape index (κ1) is 9.41. The van der Waals surface area contributed by atoms with Gasteiger partial charge in [0.05, 0.1) is 6.61 Å². The molecule has 0 aromatic heterocycles. The van der Waals surface area contributed by atoms with Crippen LogP contribution >= 0.6 is 0 Å². The maximum atomic E-state index is 13.9. The molecule has 3 heteroatoms. The van der Waals surface area contributed by atoms with Crippen molar-refractivity contribution in [3.05, 3.63) is 0 Å². The van der Waals surface area contributed by atoms with E-state index in [1.807, 2.05) is 0 Å². The monoisotopic (exact) mass is 187 g/mol. The standard InChI is InChI=1S/C10H18FNO/c11-10(4-1-2-5-10)8-12-9-3-6-13-7-9/h9,12H,1-8H2. The summed E-state index contributed by atoms with van der Waals surface area (Å²) in [7, 11) is 0. The molecule has 1 aliphatic heterocycles. The van der Waals surface area contributed by atoms with Gasteiger partial charge in [-0.25, -0.2) is 4.39 Å². The smallest absolute Gasteiger partial charge is 0.123 e. The summed E-state index contributed by atoms with van der Waals surface area (Å²) in [5, 5.41) is 3.26. The number of hydrogen-bond donors (Lipinski definition) is 1. The molecule has 1 saturated carbocycles. The maximum absolute atomic E-state index is 13.9. The Morgan fingerprint density at radius 2 is 2.15 bits per heavy atom. The molecule has 0 radical (unpaired) electrons. The normalized spacial score (nSPS) is 32.5. The van der Waals surface area contributed by atoms with Gasteiger partial charge in [0.15, 0.2) is 0 Å². The summed E-state index contributed by atoms with van der Waals surface area (Å²) in [4.78, 5) is 0. The molecule has 0 aromatic rings. The molecule has 0 spiro atoms. The number of alkyl halides is 1. The van der Waals surface area contributed by atoms with Crippen molar-refractivity contribution >= 4 is 0 Å². The second-order valence-corrected chi connectivity index (χ2v) is 4.30. The van der Waals surface area contributed by atoms with Crippen molar-refractivity contribution in [1.29, 1.82) is 0 Å². The fourth-order valence-electron chi connectivity index (χ4n) is 2.21. The van der Waals surface area contributed by atoms with Gasteiger partial charge in [0.25, 0.3) is 0 Å². The zero-order valence-corrected chi connectivity index (χ0v) is 8.02. The lowest BCUT2D eigenvalue weighted by atomic mass is 10.0. The van der Waals surface area contributed by atoms with E-state index >= 15 is 0 Å². The minimum Gasteiger partial charge on any atom is -0.380 e. The highest BCUT2D eigenvalue weighted by molar-refractivity contribution is 4.88. The van der Waals surface area contributed by atoms with Crippen LogP contribution in [-0.4, -0.2) is 31.5 Å². The Morgan fingerprint density at radius 1 is 1.38 bits per heavy atom. The average molecular weight is 187 g/mol. The van der Waals surface area contributed by atoms with Crippen molar-refractivity contribution in [1.82, 2.24) is 5.32 Å². The van der Waals surface area contributed by atoms with E-state index < -0.39 is 5.67 Å². The molecule has 0 amide bonds. The van der Waals surface area contributed by atoms with Crippen LogP contribution in [0.1, 0.15) is 32.1 Å². The fourth-order valence-corrected chi connectivity index (χ4v) is 2.21. The summed E-state index contributed by atoms with van der Waals surface area (Å²) in [6, 6.07) is 0.397. The molecule has 1 unspecified atom stereocenters. The van der Waals surface area contributed by atoms with Crippen LogP contribution in [0, 0.1) is 0 Å². The molecule has 13 heavy (non-hydrogen) atoms. The molecule has 2 rings (SSSR count). The first-order valence-electron chi connectivity index (χ1n) is 5.29. The zero-order valence-electron chi connectivity index (χ0n) is 8.02. The Bertz CT molecular complexity index is 162. The van der Waals surface area contributed by atoms with Crippen LogP contribution in [0.3, 0.4) is 0 Å². The minimum absolute atomic E-state index is 0.397. The van der Waals surface area contributed by atoms with E-state index in [0.717, 1.165) is 45.3 Å². The minimum atomic E-state index is -0.914. The van der Waals surface area contributed by atoms with Gasteiger partial charge < -0.3 is 10.1 Å². The Hall–Kier alpha value is -0.150. The summed E-state index contributed by atoms with van der Waals surface area (Å²) < 4.78 is 19.1. The van der Waals surface area contributed by atoms with Crippen LogP contribution in [-0.2, 0) is 4.74 Å². The van der Waals surface area contributed by atoms with E-state index in [4.69, 9.17) is 4.74 Å². The summed E-state index contributed by atoms with van der Waals surface area (Å²) in [5.74, 6) is 0. The van der Waals surface area contributed by atoms with Crippen LogP contribution in [0.2, 0.25) is 0 Å². The maximum Gasteiger partial charge on any atom is 0.123 e. The van der Waals surface area contributed by atoms with Crippen molar-refractivity contribution in [3.8, 4) is 0 Å². The predicted octanol–water partition coefficient (Wildman–Crippen LogP) is 1.65. The SMILES string of the molecule is FC1(CNC2CCOC2)CCCC1. The zero-order chi connectivity index (χ0) is 9.15. The van der Waals surface area contributed by atoms with Crippen molar-refractivity contribution in [2.24, 2.45) is 0 Å². The number of rotatable bonds is 3. The Balaban J connectivity index is 1.71. The molecule has 2 nitrogen and oxygen atoms in total. The van der Waals surface area contributed by atoms with E-state index in [2.05, 4.69) is 5.32 Å². The number of ether oxygens (including phenoxy) is 1. The highest BCUT2D eigenvalue weighted by Crippen LogP contribution is 2.32. The number of nitrogens with one attached hydrogen (secondary N) is 1. The lowest BCUT2D eigenvalue weighted by Crippen LogP contribution is -2.40. The molecule has 1 heterocycles. The van der Waals surface area contributed by atoms with Crippen LogP contribution in [0.5, 0.6) is 0 Å². The van der Waals surface area contributed by atoms with Gasteiger partial charge in [-0.1, -0.05) is 12.8 Å². The highest BCUT2D eigenvalue weighted by Gasteiger charge is 2.34. The van der Waals surface area contributed by atoms with Gasteiger partial charge in [0.1, 0.15) is 5.67 Å². The molecule has 1 N–H and O–H groups in total. The van der Waals surface area contributed by atoms with Gasteiger partial charge in [0, 0.05) is 19.2 Å². The fraction of sp³-hybridized carbons (Fsp3) is 1.00. The third-order valence-electron chi connectivity index (χ3n) is 3.14. The van der Waals surface area contributed by atoms with Gasteiger partial charge in [-0.15, -0.1) is 0 Å². The van der Waals surface area contributed by atoms with E-state index in [-0.39, 0.29) is 0 Å². The summed E-state index contributed by atoms with van der Waals surface area (Å²) >= 11 is 0. The van der Waals surface area contributed by atoms with Crippen molar-refractivity contribution < 1.29 is 9.13 Å².